The highest BCUT2D eigenvalue weighted by Gasteiger charge is 2.04. The number of aliphatic hydroxyl groups excluding tert-OH is 1. The van der Waals surface area contributed by atoms with Gasteiger partial charge in [-0.3, -0.25) is 0 Å². The molecule has 0 radical (unpaired) electrons. The maximum absolute atomic E-state index is 8.84. The molecule has 5 heteroatoms. The number of nitrogens with zero attached hydrogens (tertiary/aromatic N) is 2. The normalized spacial score (nSPS) is 12.5. The van der Waals surface area contributed by atoms with Crippen LogP contribution in [0.25, 0.3) is 0 Å². The zero-order chi connectivity index (χ0) is 9.68. The Balaban J connectivity index is 2.66. The highest BCUT2D eigenvalue weighted by atomic mass is 32.2. The maximum Gasteiger partial charge on any atom is 0.223 e. The first kappa shape index (κ1) is 10.3. The molecule has 1 atom stereocenters. The van der Waals surface area contributed by atoms with Crippen LogP contribution in [0.3, 0.4) is 0 Å². The summed E-state index contributed by atoms with van der Waals surface area (Å²) in [7, 11) is 1.78. The van der Waals surface area contributed by atoms with E-state index in [2.05, 4.69) is 15.3 Å². The monoisotopic (exact) mass is 199 g/mol. The van der Waals surface area contributed by atoms with Crippen LogP contribution in [0.1, 0.15) is 6.92 Å². The molecule has 72 valence electrons. The van der Waals surface area contributed by atoms with Crippen LogP contribution in [-0.2, 0) is 0 Å². The first-order valence-electron chi connectivity index (χ1n) is 4.04. The lowest BCUT2D eigenvalue weighted by Crippen LogP contribution is -2.03. The number of aromatic nitrogens is 2. The Kier molecular flexibility index (Phi) is 3.98. The molecule has 0 spiro atoms. The molecular weight excluding hydrogens is 186 g/mol. The minimum absolute atomic E-state index is 0.156. The third-order valence-corrected chi connectivity index (χ3v) is 2.45. The number of aliphatic hydroxyl groups is 1. The summed E-state index contributed by atoms with van der Waals surface area (Å²) in [5.74, 6) is 0.607. The lowest BCUT2D eigenvalue weighted by molar-refractivity contribution is 0.300. The second kappa shape index (κ2) is 5.04. The Hall–Kier alpha value is -0.810. The van der Waals surface area contributed by atoms with E-state index in [1.807, 2.05) is 13.0 Å². The van der Waals surface area contributed by atoms with Gasteiger partial charge in [0.25, 0.3) is 0 Å². The fourth-order valence-electron chi connectivity index (χ4n) is 0.772. The number of nitrogens with one attached hydrogen (secondary N) is 1. The summed E-state index contributed by atoms with van der Waals surface area (Å²) in [6.07, 6.45) is 1.70. The molecule has 13 heavy (non-hydrogen) atoms. The second-order valence-electron chi connectivity index (χ2n) is 2.58. The Morgan fingerprint density at radius 1 is 1.69 bits per heavy atom. The molecule has 0 amide bonds. The molecule has 2 N–H and O–H groups in total. The first-order chi connectivity index (χ1) is 6.26. The number of thioether (sulfide) groups is 1. The molecule has 0 bridgehead atoms. The Labute approximate surface area is 81.8 Å². The Morgan fingerprint density at radius 3 is 3.08 bits per heavy atom. The summed E-state index contributed by atoms with van der Waals surface area (Å²) in [4.78, 5) is 8.20. The third-order valence-electron chi connectivity index (χ3n) is 1.43. The molecule has 0 aliphatic heterocycles. The van der Waals surface area contributed by atoms with E-state index in [9.17, 15) is 0 Å². The van der Waals surface area contributed by atoms with Gasteiger partial charge in [-0.05, 0) is 6.07 Å². The fraction of sp³-hybridized carbons (Fsp3) is 0.500. The van der Waals surface area contributed by atoms with Crippen molar-refractivity contribution in [2.45, 2.75) is 17.2 Å². The van der Waals surface area contributed by atoms with Crippen molar-refractivity contribution < 1.29 is 5.11 Å². The van der Waals surface area contributed by atoms with Crippen molar-refractivity contribution in [3.05, 3.63) is 12.3 Å². The number of hydrogen-bond acceptors (Lipinski definition) is 5. The van der Waals surface area contributed by atoms with Crippen LogP contribution in [0.15, 0.2) is 17.3 Å². The zero-order valence-electron chi connectivity index (χ0n) is 7.69. The van der Waals surface area contributed by atoms with Gasteiger partial charge < -0.3 is 10.4 Å². The van der Waals surface area contributed by atoms with Crippen LogP contribution >= 0.6 is 11.8 Å². The van der Waals surface area contributed by atoms with Crippen LogP contribution in [0, 0.1) is 0 Å². The lowest BCUT2D eigenvalue weighted by atomic mass is 10.5. The summed E-state index contributed by atoms with van der Waals surface area (Å²) in [5.41, 5.74) is 0. The summed E-state index contributed by atoms with van der Waals surface area (Å²) in [6, 6.07) is 1.83. The van der Waals surface area contributed by atoms with Crippen molar-refractivity contribution in [2.24, 2.45) is 0 Å². The van der Waals surface area contributed by atoms with Crippen molar-refractivity contribution in [3.8, 4) is 0 Å². The molecule has 0 saturated carbocycles. The first-order valence-corrected chi connectivity index (χ1v) is 4.92. The molecule has 1 heterocycles. The molecule has 1 aromatic rings. The van der Waals surface area contributed by atoms with Crippen molar-refractivity contribution in [3.63, 3.8) is 0 Å². The molecular formula is C8H13N3OS. The molecule has 1 rings (SSSR count). The van der Waals surface area contributed by atoms with E-state index in [-0.39, 0.29) is 11.9 Å². The summed E-state index contributed by atoms with van der Waals surface area (Å²) >= 11 is 1.53. The Morgan fingerprint density at radius 2 is 2.46 bits per heavy atom. The predicted molar refractivity (Wildman–Crippen MR) is 54.0 cm³/mol. The summed E-state index contributed by atoms with van der Waals surface area (Å²) in [6.45, 7) is 2.11. The van der Waals surface area contributed by atoms with E-state index in [0.29, 0.717) is 5.95 Å². The minimum Gasteiger partial charge on any atom is -0.395 e. The fourth-order valence-corrected chi connectivity index (χ4v) is 1.54. The van der Waals surface area contributed by atoms with Gasteiger partial charge in [-0.1, -0.05) is 6.92 Å². The van der Waals surface area contributed by atoms with E-state index >= 15 is 0 Å². The predicted octanol–water partition coefficient (Wildman–Crippen LogP) is 0.991. The number of rotatable bonds is 4. The van der Waals surface area contributed by atoms with Crippen molar-refractivity contribution in [2.75, 3.05) is 19.0 Å². The van der Waals surface area contributed by atoms with Gasteiger partial charge in [0.2, 0.25) is 5.95 Å². The molecule has 0 aliphatic rings. The largest absolute Gasteiger partial charge is 0.395 e. The van der Waals surface area contributed by atoms with Crippen LogP contribution in [0.4, 0.5) is 5.95 Å². The van der Waals surface area contributed by atoms with Crippen molar-refractivity contribution in [1.82, 2.24) is 9.97 Å². The SMILES string of the molecule is CNc1nccc(SC(C)CO)n1. The average molecular weight is 199 g/mol. The second-order valence-corrected chi connectivity index (χ2v) is 4.04. The maximum atomic E-state index is 8.84. The average Bonchev–Trinajstić information content (AvgIpc) is 2.18. The van der Waals surface area contributed by atoms with Crippen molar-refractivity contribution >= 4 is 17.7 Å². The quantitative estimate of drug-likeness (QED) is 0.559. The van der Waals surface area contributed by atoms with Crippen LogP contribution in [-0.4, -0.2) is 34.0 Å². The highest BCUT2D eigenvalue weighted by Crippen LogP contribution is 2.20. The van der Waals surface area contributed by atoms with Crippen LogP contribution in [0.2, 0.25) is 0 Å². The van der Waals surface area contributed by atoms with E-state index in [1.165, 1.54) is 11.8 Å². The smallest absolute Gasteiger partial charge is 0.223 e. The molecule has 0 aliphatic carbocycles. The topological polar surface area (TPSA) is 58.0 Å². The van der Waals surface area contributed by atoms with E-state index in [4.69, 9.17) is 5.11 Å². The number of hydrogen-bond donors (Lipinski definition) is 2. The van der Waals surface area contributed by atoms with E-state index in [0.717, 1.165) is 5.03 Å². The highest BCUT2D eigenvalue weighted by molar-refractivity contribution is 7.99. The van der Waals surface area contributed by atoms with Gasteiger partial charge in [0.1, 0.15) is 5.03 Å². The minimum atomic E-state index is 0.156. The zero-order valence-corrected chi connectivity index (χ0v) is 8.51. The molecule has 4 nitrogen and oxygen atoms in total. The van der Waals surface area contributed by atoms with Crippen LogP contribution in [0.5, 0.6) is 0 Å². The van der Waals surface area contributed by atoms with E-state index in [1.54, 1.807) is 13.2 Å². The molecule has 1 unspecified atom stereocenters. The summed E-state index contributed by atoms with van der Waals surface area (Å²) in [5, 5.41) is 12.7. The Bertz CT molecular complexity index is 269. The van der Waals surface area contributed by atoms with Gasteiger partial charge in [0.15, 0.2) is 0 Å². The number of anilines is 1. The van der Waals surface area contributed by atoms with Gasteiger partial charge in [0, 0.05) is 18.5 Å². The van der Waals surface area contributed by atoms with E-state index < -0.39 is 0 Å². The molecule has 0 fully saturated rings. The van der Waals surface area contributed by atoms with Gasteiger partial charge in [-0.25, -0.2) is 9.97 Å². The molecule has 1 aromatic heterocycles. The van der Waals surface area contributed by atoms with Gasteiger partial charge in [-0.2, -0.15) is 0 Å². The van der Waals surface area contributed by atoms with Crippen molar-refractivity contribution in [1.29, 1.82) is 0 Å². The summed E-state index contributed by atoms with van der Waals surface area (Å²) < 4.78 is 0. The standard InChI is InChI=1S/C8H13N3OS/c1-6(5-12)13-7-3-4-10-8(9-2)11-7/h3-4,6,12H,5H2,1-2H3,(H,9,10,11). The molecule has 0 aromatic carbocycles. The van der Waals surface area contributed by atoms with Gasteiger partial charge in [0.05, 0.1) is 6.61 Å². The molecule has 0 saturated heterocycles. The van der Waals surface area contributed by atoms with Crippen LogP contribution < -0.4 is 5.32 Å². The lowest BCUT2D eigenvalue weighted by Gasteiger charge is -2.06. The van der Waals surface area contributed by atoms with Gasteiger partial charge >= 0.3 is 0 Å². The third kappa shape index (κ3) is 3.20. The van der Waals surface area contributed by atoms with Gasteiger partial charge in [-0.15, -0.1) is 11.8 Å².